The van der Waals surface area contributed by atoms with Gasteiger partial charge in [0.2, 0.25) is 0 Å². The summed E-state index contributed by atoms with van der Waals surface area (Å²) in [6, 6.07) is 13.4. The van der Waals surface area contributed by atoms with Crippen molar-refractivity contribution < 1.29 is 23.1 Å². The average molecular weight is 445 g/mol. The van der Waals surface area contributed by atoms with Crippen molar-refractivity contribution in [1.82, 2.24) is 10.6 Å². The van der Waals surface area contributed by atoms with Crippen LogP contribution in [-0.4, -0.2) is 30.2 Å². The van der Waals surface area contributed by atoms with E-state index in [-0.39, 0.29) is 12.5 Å². The Labute approximate surface area is 187 Å². The van der Waals surface area contributed by atoms with Gasteiger partial charge in [-0.05, 0) is 55.2 Å². The van der Waals surface area contributed by atoms with Crippen LogP contribution in [-0.2, 0) is 13.0 Å². The first-order valence-corrected chi connectivity index (χ1v) is 10.5. The predicted octanol–water partition coefficient (Wildman–Crippen LogP) is 4.30. The first-order chi connectivity index (χ1) is 15.3. The van der Waals surface area contributed by atoms with E-state index in [0.29, 0.717) is 30.0 Å². The number of hydrogen-bond acceptors (Lipinski definition) is 4. The predicted molar refractivity (Wildman–Crippen MR) is 120 cm³/mol. The summed E-state index contributed by atoms with van der Waals surface area (Å²) < 4.78 is 29.5. The molecule has 172 valence electrons. The van der Waals surface area contributed by atoms with Crippen molar-refractivity contribution in [2.24, 2.45) is 0 Å². The van der Waals surface area contributed by atoms with Crippen molar-refractivity contribution >= 4 is 5.91 Å². The molecule has 0 bridgehead atoms. The fourth-order valence-electron chi connectivity index (χ4n) is 3.03. The molecule has 0 saturated carbocycles. The minimum Gasteiger partial charge on any atom is -0.469 e. The lowest BCUT2D eigenvalue weighted by atomic mass is 10.1. The highest BCUT2D eigenvalue weighted by Crippen LogP contribution is 2.08. The fraction of sp³-hybridized carbons (Fsp3) is 0.320. The van der Waals surface area contributed by atoms with Crippen LogP contribution in [0.15, 0.2) is 59.2 Å². The number of nitrogens with one attached hydrogen (secondary N) is 2. The summed E-state index contributed by atoms with van der Waals surface area (Å²) in [5.74, 6) is -0.697. The van der Waals surface area contributed by atoms with Gasteiger partial charge in [0.05, 0.1) is 17.9 Å². The van der Waals surface area contributed by atoms with Gasteiger partial charge in [0.25, 0.3) is 5.91 Å². The standard InChI is InChI=1S/C18H24N2O3.C7H6F2/c1-3-14-5-4-6-15(9-14)10-19-11-16(21)12-20-18(22)17-7-8-23-13(17)2;1-5-2-6(8)4-7(9)3-5/h4-9,16,19,21H,3,10-12H2,1-2H3,(H,20,22);2-4H,1H3. The van der Waals surface area contributed by atoms with Crippen molar-refractivity contribution in [3.05, 3.63) is 94.4 Å². The molecule has 3 rings (SSSR count). The highest BCUT2D eigenvalue weighted by Gasteiger charge is 2.12. The van der Waals surface area contributed by atoms with Crippen molar-refractivity contribution in [2.45, 2.75) is 39.8 Å². The lowest BCUT2D eigenvalue weighted by Crippen LogP contribution is -2.38. The van der Waals surface area contributed by atoms with E-state index >= 15 is 0 Å². The Balaban J connectivity index is 0.000000336. The van der Waals surface area contributed by atoms with Crippen LogP contribution in [0.2, 0.25) is 0 Å². The quantitative estimate of drug-likeness (QED) is 0.484. The van der Waals surface area contributed by atoms with Gasteiger partial charge in [-0.3, -0.25) is 4.79 Å². The summed E-state index contributed by atoms with van der Waals surface area (Å²) >= 11 is 0. The first kappa shape index (κ1) is 25.2. The van der Waals surface area contributed by atoms with Crippen LogP contribution in [0.5, 0.6) is 0 Å². The van der Waals surface area contributed by atoms with Crippen molar-refractivity contribution in [2.75, 3.05) is 13.1 Å². The van der Waals surface area contributed by atoms with Crippen molar-refractivity contribution in [3.63, 3.8) is 0 Å². The molecule has 1 atom stereocenters. The van der Waals surface area contributed by atoms with E-state index in [1.165, 1.54) is 29.5 Å². The number of carbonyl (C=O) groups is 1. The molecule has 0 aliphatic heterocycles. The van der Waals surface area contributed by atoms with Gasteiger partial charge in [0, 0.05) is 25.7 Å². The second kappa shape index (κ2) is 12.7. The lowest BCUT2D eigenvalue weighted by molar-refractivity contribution is 0.0913. The van der Waals surface area contributed by atoms with Crippen LogP contribution < -0.4 is 10.6 Å². The molecule has 1 aromatic heterocycles. The molecule has 1 heterocycles. The summed E-state index contributed by atoms with van der Waals surface area (Å²) in [5.41, 5.74) is 3.59. The SMILES string of the molecule is CCc1cccc(CNCC(O)CNC(=O)c2ccoc2C)c1.Cc1cc(F)cc(F)c1. The summed E-state index contributed by atoms with van der Waals surface area (Å²) in [6.07, 6.45) is 1.85. The van der Waals surface area contributed by atoms with Gasteiger partial charge >= 0.3 is 0 Å². The Morgan fingerprint density at radius 1 is 1.03 bits per heavy atom. The monoisotopic (exact) mass is 444 g/mol. The summed E-state index contributed by atoms with van der Waals surface area (Å²) in [6.45, 7) is 6.82. The normalized spacial score (nSPS) is 11.4. The molecule has 0 aliphatic carbocycles. The van der Waals surface area contributed by atoms with Crippen LogP contribution in [0, 0.1) is 25.5 Å². The van der Waals surface area contributed by atoms with E-state index in [9.17, 15) is 18.7 Å². The van der Waals surface area contributed by atoms with Gasteiger partial charge in [0.15, 0.2) is 0 Å². The Morgan fingerprint density at radius 3 is 2.31 bits per heavy atom. The van der Waals surface area contributed by atoms with Crippen molar-refractivity contribution in [1.29, 1.82) is 0 Å². The first-order valence-electron chi connectivity index (χ1n) is 10.5. The Hall–Kier alpha value is -3.03. The van der Waals surface area contributed by atoms with Gasteiger partial charge in [-0.15, -0.1) is 0 Å². The number of rotatable bonds is 8. The molecule has 0 spiro atoms. The van der Waals surface area contributed by atoms with Crippen LogP contribution in [0.1, 0.15) is 39.7 Å². The molecule has 2 aromatic carbocycles. The van der Waals surface area contributed by atoms with Crippen LogP contribution in [0.25, 0.3) is 0 Å². The summed E-state index contributed by atoms with van der Waals surface area (Å²) in [7, 11) is 0. The molecule has 0 fully saturated rings. The number of halogens is 2. The van der Waals surface area contributed by atoms with Gasteiger partial charge in [-0.25, -0.2) is 8.78 Å². The Bertz CT molecular complexity index is 954. The molecule has 3 aromatic rings. The maximum absolute atomic E-state index is 12.2. The van der Waals surface area contributed by atoms with Crippen molar-refractivity contribution in [3.8, 4) is 0 Å². The zero-order chi connectivity index (χ0) is 23.5. The fourth-order valence-corrected chi connectivity index (χ4v) is 3.03. The minimum atomic E-state index is -0.638. The molecule has 32 heavy (non-hydrogen) atoms. The minimum absolute atomic E-state index is 0.200. The maximum atomic E-state index is 12.2. The molecule has 3 N–H and O–H groups in total. The summed E-state index contributed by atoms with van der Waals surface area (Å²) in [4.78, 5) is 11.9. The molecule has 0 aliphatic rings. The molecule has 7 heteroatoms. The molecular weight excluding hydrogens is 414 g/mol. The van der Waals surface area contributed by atoms with E-state index < -0.39 is 17.7 Å². The molecule has 1 amide bonds. The van der Waals surface area contributed by atoms with Crippen LogP contribution >= 0.6 is 0 Å². The molecule has 1 unspecified atom stereocenters. The smallest absolute Gasteiger partial charge is 0.254 e. The number of aliphatic hydroxyl groups is 1. The second-order valence-corrected chi connectivity index (χ2v) is 7.51. The van der Waals surface area contributed by atoms with E-state index in [0.717, 1.165) is 12.5 Å². The molecule has 5 nitrogen and oxygen atoms in total. The third-order valence-electron chi connectivity index (χ3n) is 4.72. The van der Waals surface area contributed by atoms with Gasteiger partial charge < -0.3 is 20.2 Å². The highest BCUT2D eigenvalue weighted by molar-refractivity contribution is 5.95. The van der Waals surface area contributed by atoms with E-state index in [2.05, 4.69) is 35.8 Å². The van der Waals surface area contributed by atoms with Gasteiger partial charge in [-0.2, -0.15) is 0 Å². The third kappa shape index (κ3) is 8.61. The number of amides is 1. The van der Waals surface area contributed by atoms with Gasteiger partial charge in [0.1, 0.15) is 17.4 Å². The second-order valence-electron chi connectivity index (χ2n) is 7.51. The lowest BCUT2D eigenvalue weighted by Gasteiger charge is -2.13. The van der Waals surface area contributed by atoms with E-state index in [1.54, 1.807) is 19.9 Å². The maximum Gasteiger partial charge on any atom is 0.254 e. The zero-order valence-corrected chi connectivity index (χ0v) is 18.6. The van der Waals surface area contributed by atoms with Crippen LogP contribution in [0.3, 0.4) is 0 Å². The number of aliphatic hydroxyl groups excluding tert-OH is 1. The third-order valence-corrected chi connectivity index (χ3v) is 4.72. The van der Waals surface area contributed by atoms with E-state index in [4.69, 9.17) is 4.42 Å². The number of furan rings is 1. The van der Waals surface area contributed by atoms with E-state index in [1.807, 2.05) is 6.07 Å². The molecular formula is C25H30F2N2O3. The topological polar surface area (TPSA) is 74.5 Å². The molecule has 0 radical (unpaired) electrons. The average Bonchev–Trinajstić information content (AvgIpc) is 3.17. The molecule has 0 saturated heterocycles. The zero-order valence-electron chi connectivity index (χ0n) is 18.6. The van der Waals surface area contributed by atoms with Crippen LogP contribution in [0.4, 0.5) is 8.78 Å². The number of hydrogen-bond donors (Lipinski definition) is 3. The number of carbonyl (C=O) groups excluding carboxylic acids is 1. The summed E-state index contributed by atoms with van der Waals surface area (Å²) in [5, 5.41) is 15.8. The Kier molecular flexibility index (Phi) is 10.0. The van der Waals surface area contributed by atoms with Gasteiger partial charge in [-0.1, -0.05) is 31.2 Å². The largest absolute Gasteiger partial charge is 0.469 e. The number of aryl methyl sites for hydroxylation is 3. The highest BCUT2D eigenvalue weighted by atomic mass is 19.1. The Morgan fingerprint density at radius 2 is 1.72 bits per heavy atom. The number of benzene rings is 2.